The van der Waals surface area contributed by atoms with Crippen molar-refractivity contribution in [3.8, 4) is 0 Å². The van der Waals surface area contributed by atoms with E-state index in [0.717, 1.165) is 16.3 Å². The molecular formula is C12H9ClN4. The van der Waals surface area contributed by atoms with E-state index in [-0.39, 0.29) is 0 Å². The first kappa shape index (κ1) is 10.4. The van der Waals surface area contributed by atoms with Crippen molar-refractivity contribution in [2.24, 2.45) is 5.73 Å². The van der Waals surface area contributed by atoms with Crippen molar-refractivity contribution in [2.75, 3.05) is 0 Å². The number of fused-ring (bicyclic) bond motifs is 2. The fourth-order valence-electron chi connectivity index (χ4n) is 1.75. The fraction of sp³-hybridized carbons (Fsp3) is 0.0833. The Morgan fingerprint density at radius 1 is 1.18 bits per heavy atom. The zero-order valence-electron chi connectivity index (χ0n) is 8.89. The Balaban J connectivity index is 2.40. The van der Waals surface area contributed by atoms with Gasteiger partial charge in [-0.15, -0.1) is 0 Å². The van der Waals surface area contributed by atoms with Gasteiger partial charge in [-0.25, -0.2) is 15.0 Å². The van der Waals surface area contributed by atoms with Gasteiger partial charge in [0.15, 0.2) is 5.65 Å². The Hall–Kier alpha value is -1.78. The second-order valence-corrected chi connectivity index (χ2v) is 4.11. The van der Waals surface area contributed by atoms with Gasteiger partial charge in [0.2, 0.25) is 0 Å². The number of aromatic nitrogens is 3. The van der Waals surface area contributed by atoms with Gasteiger partial charge in [-0.1, -0.05) is 23.7 Å². The minimum Gasteiger partial charge on any atom is -0.324 e. The van der Waals surface area contributed by atoms with Gasteiger partial charge >= 0.3 is 0 Å². The van der Waals surface area contributed by atoms with Crippen LogP contribution >= 0.6 is 11.6 Å². The van der Waals surface area contributed by atoms with Gasteiger partial charge < -0.3 is 5.73 Å². The molecule has 1 aromatic carbocycles. The highest BCUT2D eigenvalue weighted by atomic mass is 35.5. The van der Waals surface area contributed by atoms with Crippen LogP contribution in [0.3, 0.4) is 0 Å². The molecule has 0 saturated heterocycles. The molecule has 17 heavy (non-hydrogen) atoms. The van der Waals surface area contributed by atoms with E-state index in [2.05, 4.69) is 15.0 Å². The summed E-state index contributed by atoms with van der Waals surface area (Å²) in [4.78, 5) is 12.9. The molecule has 0 atom stereocenters. The van der Waals surface area contributed by atoms with E-state index in [9.17, 15) is 0 Å². The summed E-state index contributed by atoms with van der Waals surface area (Å²) in [6.45, 7) is 0.304. The van der Waals surface area contributed by atoms with Crippen LogP contribution in [-0.4, -0.2) is 15.0 Å². The van der Waals surface area contributed by atoms with Crippen LogP contribution in [0.2, 0.25) is 5.02 Å². The summed E-state index contributed by atoms with van der Waals surface area (Å²) in [5.74, 6) is 0.580. The number of benzene rings is 1. The monoisotopic (exact) mass is 244 g/mol. The Kier molecular flexibility index (Phi) is 2.39. The first-order valence-electron chi connectivity index (χ1n) is 5.19. The molecule has 0 aliphatic rings. The normalized spacial score (nSPS) is 11.2. The smallest absolute Gasteiger partial charge is 0.163 e. The van der Waals surface area contributed by atoms with Crippen LogP contribution in [0.5, 0.6) is 0 Å². The van der Waals surface area contributed by atoms with Crippen molar-refractivity contribution in [1.29, 1.82) is 0 Å². The van der Waals surface area contributed by atoms with Gasteiger partial charge in [0.25, 0.3) is 0 Å². The van der Waals surface area contributed by atoms with E-state index >= 15 is 0 Å². The molecule has 0 radical (unpaired) electrons. The van der Waals surface area contributed by atoms with Crippen LogP contribution in [0.15, 0.2) is 30.5 Å². The molecule has 0 fully saturated rings. The first-order valence-corrected chi connectivity index (χ1v) is 5.57. The number of nitrogens with two attached hydrogens (primary N) is 1. The maximum atomic E-state index is 6.10. The van der Waals surface area contributed by atoms with Crippen LogP contribution < -0.4 is 5.73 Å². The SMILES string of the molecule is NCc1ncc2cc3cccc(Cl)c3nc2n1. The van der Waals surface area contributed by atoms with E-state index in [1.165, 1.54) is 0 Å². The molecule has 2 heterocycles. The molecule has 84 valence electrons. The van der Waals surface area contributed by atoms with Crippen LogP contribution in [0.1, 0.15) is 5.82 Å². The molecule has 3 aromatic rings. The molecule has 0 bridgehead atoms. The van der Waals surface area contributed by atoms with Crippen molar-refractivity contribution in [2.45, 2.75) is 6.54 Å². The standard InChI is InChI=1S/C12H9ClN4/c13-9-3-1-2-7-4-8-6-15-10(5-14)16-12(8)17-11(7)9/h1-4,6H,5,14H2. The summed E-state index contributed by atoms with van der Waals surface area (Å²) < 4.78 is 0. The van der Waals surface area contributed by atoms with Crippen LogP contribution in [0, 0.1) is 0 Å². The lowest BCUT2D eigenvalue weighted by Crippen LogP contribution is -2.03. The van der Waals surface area contributed by atoms with E-state index < -0.39 is 0 Å². The number of hydrogen-bond acceptors (Lipinski definition) is 4. The number of para-hydroxylation sites is 1. The Morgan fingerprint density at radius 3 is 2.88 bits per heavy atom. The second-order valence-electron chi connectivity index (χ2n) is 3.70. The molecular weight excluding hydrogens is 236 g/mol. The highest BCUT2D eigenvalue weighted by Crippen LogP contribution is 2.24. The summed E-state index contributed by atoms with van der Waals surface area (Å²) in [6, 6.07) is 7.65. The topological polar surface area (TPSA) is 64.7 Å². The number of pyridine rings is 1. The van der Waals surface area contributed by atoms with E-state index in [1.54, 1.807) is 6.20 Å². The third-order valence-electron chi connectivity index (χ3n) is 2.58. The zero-order valence-corrected chi connectivity index (χ0v) is 9.65. The molecule has 3 rings (SSSR count). The van der Waals surface area contributed by atoms with Gasteiger partial charge in [0, 0.05) is 17.0 Å². The molecule has 0 amide bonds. The van der Waals surface area contributed by atoms with E-state index in [1.807, 2.05) is 24.3 Å². The summed E-state index contributed by atoms with van der Waals surface area (Å²) in [7, 11) is 0. The summed E-state index contributed by atoms with van der Waals surface area (Å²) in [5, 5.41) is 2.49. The molecule has 5 heteroatoms. The summed E-state index contributed by atoms with van der Waals surface area (Å²) >= 11 is 6.10. The lowest BCUT2D eigenvalue weighted by Gasteiger charge is -2.03. The zero-order chi connectivity index (χ0) is 11.8. The molecule has 0 saturated carbocycles. The molecule has 0 unspecified atom stereocenters. The number of halogens is 1. The van der Waals surface area contributed by atoms with Crippen LogP contribution in [0.25, 0.3) is 21.9 Å². The van der Waals surface area contributed by atoms with Gasteiger partial charge in [-0.05, 0) is 12.1 Å². The van der Waals surface area contributed by atoms with Crippen molar-refractivity contribution in [3.05, 3.63) is 41.3 Å². The molecule has 0 aliphatic heterocycles. The Bertz CT molecular complexity index is 711. The fourth-order valence-corrected chi connectivity index (χ4v) is 1.97. The molecule has 4 nitrogen and oxygen atoms in total. The molecule has 0 aliphatic carbocycles. The van der Waals surface area contributed by atoms with Crippen molar-refractivity contribution < 1.29 is 0 Å². The van der Waals surface area contributed by atoms with Crippen molar-refractivity contribution in [3.63, 3.8) is 0 Å². The molecule has 2 aromatic heterocycles. The maximum absolute atomic E-state index is 6.10. The van der Waals surface area contributed by atoms with Gasteiger partial charge in [0.1, 0.15) is 5.82 Å². The molecule has 0 spiro atoms. The molecule has 2 N–H and O–H groups in total. The minimum atomic E-state index is 0.304. The minimum absolute atomic E-state index is 0.304. The van der Waals surface area contributed by atoms with Gasteiger partial charge in [-0.2, -0.15) is 0 Å². The quantitative estimate of drug-likeness (QED) is 0.667. The number of nitrogens with zero attached hydrogens (tertiary/aromatic N) is 3. The predicted molar refractivity (Wildman–Crippen MR) is 67.7 cm³/mol. The van der Waals surface area contributed by atoms with Crippen LogP contribution in [-0.2, 0) is 6.54 Å². The number of hydrogen-bond donors (Lipinski definition) is 1. The highest BCUT2D eigenvalue weighted by Gasteiger charge is 2.05. The van der Waals surface area contributed by atoms with Gasteiger partial charge in [0.05, 0.1) is 17.1 Å². The third-order valence-corrected chi connectivity index (χ3v) is 2.88. The van der Waals surface area contributed by atoms with Crippen molar-refractivity contribution in [1.82, 2.24) is 15.0 Å². The largest absolute Gasteiger partial charge is 0.324 e. The van der Waals surface area contributed by atoms with Crippen LogP contribution in [0.4, 0.5) is 0 Å². The first-order chi connectivity index (χ1) is 8.28. The summed E-state index contributed by atoms with van der Waals surface area (Å²) in [5.41, 5.74) is 6.88. The maximum Gasteiger partial charge on any atom is 0.163 e. The lowest BCUT2D eigenvalue weighted by atomic mass is 10.2. The van der Waals surface area contributed by atoms with Gasteiger partial charge in [-0.3, -0.25) is 0 Å². The van der Waals surface area contributed by atoms with Crippen molar-refractivity contribution >= 4 is 33.5 Å². The Labute approximate surface area is 102 Å². The second kappa shape index (κ2) is 3.91. The average Bonchev–Trinajstić information content (AvgIpc) is 2.37. The highest BCUT2D eigenvalue weighted by molar-refractivity contribution is 6.35. The van der Waals surface area contributed by atoms with E-state index in [0.29, 0.717) is 23.0 Å². The summed E-state index contributed by atoms with van der Waals surface area (Å²) in [6.07, 6.45) is 1.73. The third kappa shape index (κ3) is 1.71. The predicted octanol–water partition coefficient (Wildman–Crippen LogP) is 2.29. The Morgan fingerprint density at radius 2 is 2.06 bits per heavy atom. The lowest BCUT2D eigenvalue weighted by molar-refractivity contribution is 0.922. The van der Waals surface area contributed by atoms with E-state index in [4.69, 9.17) is 17.3 Å². The average molecular weight is 245 g/mol. The number of rotatable bonds is 1.